The lowest BCUT2D eigenvalue weighted by molar-refractivity contribution is 0.111. The van der Waals surface area contributed by atoms with Crippen LogP contribution in [-0.2, 0) is 13.1 Å². The third-order valence-corrected chi connectivity index (χ3v) is 5.33. The molecule has 5 nitrogen and oxygen atoms in total. The third-order valence-electron chi connectivity index (χ3n) is 5.33. The molecule has 5 heteroatoms. The first-order chi connectivity index (χ1) is 14.1. The van der Waals surface area contributed by atoms with Gasteiger partial charge in [-0.2, -0.15) is 0 Å². The average molecular weight is 389 g/mol. The molecule has 0 saturated heterocycles. The lowest BCUT2D eigenvalue weighted by Crippen LogP contribution is -2.37. The molecule has 3 aromatic rings. The van der Waals surface area contributed by atoms with Crippen LogP contribution >= 0.6 is 0 Å². The van der Waals surface area contributed by atoms with Gasteiger partial charge in [-0.15, -0.1) is 0 Å². The van der Waals surface area contributed by atoms with E-state index in [1.165, 1.54) is 11.1 Å². The summed E-state index contributed by atoms with van der Waals surface area (Å²) in [6, 6.07) is 18.3. The van der Waals surface area contributed by atoms with E-state index in [1.54, 1.807) is 6.20 Å². The highest BCUT2D eigenvalue weighted by Gasteiger charge is 2.21. The monoisotopic (exact) mass is 389 g/mol. The van der Waals surface area contributed by atoms with Gasteiger partial charge in [-0.3, -0.25) is 9.88 Å². The second-order valence-corrected chi connectivity index (χ2v) is 7.59. The predicted molar refractivity (Wildman–Crippen MR) is 116 cm³/mol. The van der Waals surface area contributed by atoms with Gasteiger partial charge in [0.05, 0.1) is 6.10 Å². The van der Waals surface area contributed by atoms with Crippen molar-refractivity contribution in [3.63, 3.8) is 0 Å². The van der Waals surface area contributed by atoms with Crippen LogP contribution in [0.5, 0.6) is 5.75 Å². The van der Waals surface area contributed by atoms with Crippen molar-refractivity contribution in [1.82, 2.24) is 15.2 Å². The van der Waals surface area contributed by atoms with E-state index in [9.17, 15) is 5.11 Å². The molecule has 0 fully saturated rings. The molecule has 2 heterocycles. The molecule has 2 atom stereocenters. The first-order valence-electron chi connectivity index (χ1n) is 10.0. The van der Waals surface area contributed by atoms with Crippen LogP contribution in [0.15, 0.2) is 73.1 Å². The van der Waals surface area contributed by atoms with E-state index in [-0.39, 0.29) is 6.10 Å². The number of β-amino-alcohol motifs (C(OH)–C–C–N with tert-alkyl or cyclic N) is 1. The number of nitrogens with zero attached hydrogens (tertiary/aromatic N) is 2. The molecule has 2 N–H and O–H groups in total. The summed E-state index contributed by atoms with van der Waals surface area (Å²) in [5, 5.41) is 14.7. The van der Waals surface area contributed by atoms with Crippen LogP contribution in [-0.4, -0.2) is 40.3 Å². The van der Waals surface area contributed by atoms with E-state index in [4.69, 9.17) is 4.74 Å². The third kappa shape index (κ3) is 4.58. The molecule has 2 aromatic carbocycles. The van der Waals surface area contributed by atoms with Gasteiger partial charge in [0.1, 0.15) is 17.4 Å². The highest BCUT2D eigenvalue weighted by Crippen LogP contribution is 2.25. The molecule has 1 aromatic heterocycles. The maximum atomic E-state index is 10.5. The maximum Gasteiger partial charge on any atom is 0.146 e. The number of ether oxygens (including phenoxy) is 1. The zero-order valence-corrected chi connectivity index (χ0v) is 16.7. The Morgan fingerprint density at radius 3 is 2.62 bits per heavy atom. The smallest absolute Gasteiger partial charge is 0.146 e. The molecule has 0 radical (unpaired) electrons. The minimum absolute atomic E-state index is 0.245. The van der Waals surface area contributed by atoms with Crippen molar-refractivity contribution in [2.24, 2.45) is 0 Å². The molecule has 4 rings (SSSR count). The van der Waals surface area contributed by atoms with E-state index in [1.807, 2.05) is 37.3 Å². The molecule has 0 spiro atoms. The van der Waals surface area contributed by atoms with Gasteiger partial charge >= 0.3 is 0 Å². The summed E-state index contributed by atoms with van der Waals surface area (Å²) in [5.41, 5.74) is 4.27. The van der Waals surface area contributed by atoms with Gasteiger partial charge in [0.2, 0.25) is 0 Å². The number of fused-ring (bicyclic) bond motifs is 2. The predicted octanol–water partition coefficient (Wildman–Crippen LogP) is 3.48. The average Bonchev–Trinajstić information content (AvgIpc) is 3.14. The Hall–Kier alpha value is -2.89. The SMILES string of the molecule is C=C(NCC(O)CN1Cc2ccccc2C1)[C@H](C)Oc1cccc2cccnc12. The van der Waals surface area contributed by atoms with E-state index in [0.29, 0.717) is 13.1 Å². The summed E-state index contributed by atoms with van der Waals surface area (Å²) in [6.45, 7) is 8.87. The van der Waals surface area contributed by atoms with E-state index >= 15 is 0 Å². The fourth-order valence-electron chi connectivity index (χ4n) is 3.72. The van der Waals surface area contributed by atoms with Gasteiger partial charge in [0.25, 0.3) is 0 Å². The van der Waals surface area contributed by atoms with Gasteiger partial charge in [-0.25, -0.2) is 0 Å². The van der Waals surface area contributed by atoms with Crippen LogP contribution in [0.2, 0.25) is 0 Å². The van der Waals surface area contributed by atoms with Crippen molar-refractivity contribution in [3.05, 3.63) is 84.2 Å². The van der Waals surface area contributed by atoms with Crippen molar-refractivity contribution in [3.8, 4) is 5.75 Å². The Balaban J connectivity index is 1.27. The summed E-state index contributed by atoms with van der Waals surface area (Å²) in [6.07, 6.45) is 1.04. The Labute approximate surface area is 171 Å². The zero-order valence-electron chi connectivity index (χ0n) is 16.7. The fourth-order valence-corrected chi connectivity index (χ4v) is 3.72. The highest BCUT2D eigenvalue weighted by molar-refractivity contribution is 5.84. The summed E-state index contributed by atoms with van der Waals surface area (Å²) in [7, 11) is 0. The van der Waals surface area contributed by atoms with Crippen molar-refractivity contribution in [2.75, 3.05) is 13.1 Å². The van der Waals surface area contributed by atoms with Crippen LogP contribution in [0.25, 0.3) is 10.9 Å². The summed E-state index contributed by atoms with van der Waals surface area (Å²) >= 11 is 0. The molecule has 1 aliphatic heterocycles. The van der Waals surface area contributed by atoms with E-state index in [0.717, 1.165) is 35.4 Å². The largest absolute Gasteiger partial charge is 0.482 e. The summed E-state index contributed by atoms with van der Waals surface area (Å²) in [5.74, 6) is 0.730. The number of aliphatic hydroxyl groups is 1. The maximum absolute atomic E-state index is 10.5. The number of para-hydroxylation sites is 1. The molecule has 1 unspecified atom stereocenters. The zero-order chi connectivity index (χ0) is 20.2. The Morgan fingerprint density at radius 2 is 1.86 bits per heavy atom. The van der Waals surface area contributed by atoms with Gasteiger partial charge in [0, 0.05) is 43.5 Å². The molecule has 0 aliphatic carbocycles. The normalized spacial score (nSPS) is 15.7. The summed E-state index contributed by atoms with van der Waals surface area (Å²) < 4.78 is 6.08. The Kier molecular flexibility index (Phi) is 5.79. The van der Waals surface area contributed by atoms with Crippen molar-refractivity contribution in [2.45, 2.75) is 32.2 Å². The number of aromatic nitrogens is 1. The van der Waals surface area contributed by atoms with Gasteiger partial charge in [-0.1, -0.05) is 49.0 Å². The number of hydrogen-bond acceptors (Lipinski definition) is 5. The number of hydrogen-bond donors (Lipinski definition) is 2. The van der Waals surface area contributed by atoms with Gasteiger partial charge < -0.3 is 15.2 Å². The molecule has 0 bridgehead atoms. The molecular formula is C24H27N3O2. The van der Waals surface area contributed by atoms with Gasteiger partial charge in [0.15, 0.2) is 0 Å². The minimum Gasteiger partial charge on any atom is -0.482 e. The lowest BCUT2D eigenvalue weighted by Gasteiger charge is -2.23. The highest BCUT2D eigenvalue weighted by atomic mass is 16.5. The van der Waals surface area contributed by atoms with E-state index in [2.05, 4.69) is 46.0 Å². The lowest BCUT2D eigenvalue weighted by atomic mass is 10.1. The number of nitrogens with one attached hydrogen (secondary N) is 1. The minimum atomic E-state index is -0.479. The molecule has 150 valence electrons. The van der Waals surface area contributed by atoms with Crippen LogP contribution in [0, 0.1) is 0 Å². The second kappa shape index (κ2) is 8.64. The molecule has 0 saturated carbocycles. The number of rotatable bonds is 8. The Bertz CT molecular complexity index is 974. The second-order valence-electron chi connectivity index (χ2n) is 7.59. The number of pyridine rings is 1. The molecular weight excluding hydrogens is 362 g/mol. The standard InChI is InChI=1S/C24H27N3O2/c1-17(18(2)29-23-11-5-9-19-10-6-12-25-24(19)23)26-13-22(28)16-27-14-20-7-3-4-8-21(20)15-27/h3-12,18,22,26,28H,1,13-16H2,2H3/t18-,22?/m0/s1. The van der Waals surface area contributed by atoms with Crippen LogP contribution in [0.3, 0.4) is 0 Å². The fraction of sp³-hybridized carbons (Fsp3) is 0.292. The van der Waals surface area contributed by atoms with Crippen molar-refractivity contribution in [1.29, 1.82) is 0 Å². The Morgan fingerprint density at radius 1 is 1.14 bits per heavy atom. The van der Waals surface area contributed by atoms with E-state index < -0.39 is 6.10 Å². The topological polar surface area (TPSA) is 57.6 Å². The van der Waals surface area contributed by atoms with Crippen LogP contribution in [0.4, 0.5) is 0 Å². The number of aliphatic hydroxyl groups excluding tert-OH is 1. The molecule has 0 amide bonds. The van der Waals surface area contributed by atoms with Crippen molar-refractivity contribution < 1.29 is 9.84 Å². The first kappa shape index (κ1) is 19.4. The number of benzene rings is 2. The van der Waals surface area contributed by atoms with Crippen LogP contribution < -0.4 is 10.1 Å². The quantitative estimate of drug-likeness (QED) is 0.618. The van der Waals surface area contributed by atoms with Crippen molar-refractivity contribution >= 4 is 10.9 Å². The van der Waals surface area contributed by atoms with Gasteiger partial charge in [-0.05, 0) is 30.2 Å². The molecule has 1 aliphatic rings. The summed E-state index contributed by atoms with van der Waals surface area (Å²) in [4.78, 5) is 6.69. The first-order valence-corrected chi connectivity index (χ1v) is 10.0. The van der Waals surface area contributed by atoms with Crippen LogP contribution in [0.1, 0.15) is 18.1 Å². The molecule has 29 heavy (non-hydrogen) atoms.